The second kappa shape index (κ2) is 7.47. The number of piperidine rings is 1. The largest absolute Gasteiger partial charge is 0.530 e. The molecule has 1 aliphatic rings. The van der Waals surface area contributed by atoms with Gasteiger partial charge in [-0.05, 0) is 37.7 Å². The van der Waals surface area contributed by atoms with E-state index in [0.29, 0.717) is 25.6 Å². The Bertz CT molecular complexity index is 531. The number of carboxylic acid groups (broad SMARTS) is 1. The van der Waals surface area contributed by atoms with E-state index in [0.717, 1.165) is 37.9 Å². The summed E-state index contributed by atoms with van der Waals surface area (Å²) in [5.41, 5.74) is -0.932. The number of amides is 1. The molecule has 0 radical (unpaired) electrons. The molecule has 128 valence electrons. The average Bonchev–Trinajstić information content (AvgIpc) is 2.51. The topological polar surface area (TPSA) is 81.2 Å². The average molecular weight is 331 g/mol. The Kier molecular flexibility index (Phi) is 5.62. The van der Waals surface area contributed by atoms with Gasteiger partial charge < -0.3 is 20.1 Å². The molecule has 9 heteroatoms. The zero-order valence-corrected chi connectivity index (χ0v) is 12.5. The van der Waals surface area contributed by atoms with E-state index >= 15 is 0 Å². The van der Waals surface area contributed by atoms with Gasteiger partial charge in [-0.25, -0.2) is 9.97 Å². The first-order chi connectivity index (χ1) is 10.9. The number of nitrogens with one attached hydrogen (secondary N) is 1. The Hall–Kier alpha value is -2.06. The third kappa shape index (κ3) is 5.26. The molecule has 1 amide bonds. The van der Waals surface area contributed by atoms with Crippen LogP contribution < -0.4 is 15.3 Å². The van der Waals surface area contributed by atoms with E-state index in [9.17, 15) is 23.1 Å². The van der Waals surface area contributed by atoms with Crippen molar-refractivity contribution in [1.82, 2.24) is 15.3 Å². The van der Waals surface area contributed by atoms with Crippen molar-refractivity contribution in [1.29, 1.82) is 0 Å². The van der Waals surface area contributed by atoms with Crippen LogP contribution in [-0.2, 0) is 6.18 Å². The Morgan fingerprint density at radius 2 is 2.09 bits per heavy atom. The molecule has 0 atom stereocenters. The fourth-order valence-corrected chi connectivity index (χ4v) is 2.66. The van der Waals surface area contributed by atoms with Crippen LogP contribution in [0.25, 0.3) is 0 Å². The molecule has 1 fully saturated rings. The quantitative estimate of drug-likeness (QED) is 0.826. The molecule has 6 nitrogen and oxygen atoms in total. The molecule has 1 N–H and O–H groups in total. The smallest absolute Gasteiger partial charge is 0.433 e. The first-order valence-electron chi connectivity index (χ1n) is 7.46. The molecule has 0 unspecified atom stereocenters. The van der Waals surface area contributed by atoms with Crippen LogP contribution in [0.2, 0.25) is 0 Å². The molecule has 2 heterocycles. The molecule has 0 spiro atoms. The van der Waals surface area contributed by atoms with Gasteiger partial charge in [0.2, 0.25) is 5.95 Å². The fourth-order valence-electron chi connectivity index (χ4n) is 2.66. The summed E-state index contributed by atoms with van der Waals surface area (Å²) in [6, 6.07) is 0.862. The van der Waals surface area contributed by atoms with Gasteiger partial charge in [-0.15, -0.1) is 0 Å². The summed E-state index contributed by atoms with van der Waals surface area (Å²) < 4.78 is 38.0. The van der Waals surface area contributed by atoms with E-state index in [2.05, 4.69) is 15.3 Å². The first-order valence-corrected chi connectivity index (χ1v) is 7.46. The van der Waals surface area contributed by atoms with Crippen molar-refractivity contribution in [3.8, 4) is 0 Å². The van der Waals surface area contributed by atoms with Gasteiger partial charge in [-0.3, -0.25) is 0 Å². The van der Waals surface area contributed by atoms with Crippen LogP contribution in [0.1, 0.15) is 31.4 Å². The molecule has 2 rings (SSSR count). The Labute approximate surface area is 131 Å². The lowest BCUT2D eigenvalue weighted by atomic mass is 9.92. The van der Waals surface area contributed by atoms with Crippen LogP contribution in [0.5, 0.6) is 0 Å². The summed E-state index contributed by atoms with van der Waals surface area (Å²) in [5, 5.41) is 12.4. The molecule has 0 bridgehead atoms. The fraction of sp³-hybridized carbons (Fsp3) is 0.643. The summed E-state index contributed by atoms with van der Waals surface area (Å²) in [6.45, 7) is 1.55. The van der Waals surface area contributed by atoms with E-state index in [1.54, 1.807) is 4.90 Å². The number of hydrogen-bond donors (Lipinski definition) is 1. The number of nitrogens with zero attached hydrogens (tertiary/aromatic N) is 3. The number of hydrogen-bond acceptors (Lipinski definition) is 5. The number of carbonyl (C=O) groups is 1. The van der Waals surface area contributed by atoms with Gasteiger partial charge in [-0.1, -0.05) is 0 Å². The van der Waals surface area contributed by atoms with Crippen molar-refractivity contribution >= 4 is 12.0 Å². The molecule has 0 aliphatic carbocycles. The molecule has 1 saturated heterocycles. The van der Waals surface area contributed by atoms with Gasteiger partial charge in [0.05, 0.1) is 0 Å². The lowest BCUT2D eigenvalue weighted by Crippen LogP contribution is -2.37. The summed E-state index contributed by atoms with van der Waals surface area (Å²) in [7, 11) is 0. The summed E-state index contributed by atoms with van der Waals surface area (Å²) in [4.78, 5) is 19.5. The van der Waals surface area contributed by atoms with Gasteiger partial charge >= 0.3 is 6.18 Å². The Balaban J connectivity index is 1.81. The molecular weight excluding hydrogens is 313 g/mol. The highest BCUT2D eigenvalue weighted by molar-refractivity contribution is 5.61. The number of alkyl halides is 3. The summed E-state index contributed by atoms with van der Waals surface area (Å²) in [6.07, 6.45) is -1.38. The van der Waals surface area contributed by atoms with Crippen LogP contribution in [0.3, 0.4) is 0 Å². The minimum Gasteiger partial charge on any atom is -0.530 e. The van der Waals surface area contributed by atoms with E-state index in [4.69, 9.17) is 0 Å². The number of halogens is 3. The number of carbonyl (C=O) groups excluding carboxylic acids is 1. The third-order valence-corrected chi connectivity index (χ3v) is 3.89. The highest BCUT2D eigenvalue weighted by Crippen LogP contribution is 2.29. The van der Waals surface area contributed by atoms with E-state index in [1.807, 2.05) is 0 Å². The highest BCUT2D eigenvalue weighted by atomic mass is 19.4. The maximum atomic E-state index is 12.7. The van der Waals surface area contributed by atoms with Gasteiger partial charge in [0.15, 0.2) is 0 Å². The van der Waals surface area contributed by atoms with Gasteiger partial charge in [0.1, 0.15) is 11.8 Å². The Morgan fingerprint density at radius 1 is 1.39 bits per heavy atom. The van der Waals surface area contributed by atoms with E-state index < -0.39 is 18.0 Å². The SMILES string of the molecule is O=C([O-])NCCCC1CCN(c2nccc(C(F)(F)F)n2)CC1. The monoisotopic (exact) mass is 331 g/mol. The van der Waals surface area contributed by atoms with Crippen LogP contribution in [0.4, 0.5) is 23.9 Å². The predicted octanol–water partition coefficient (Wildman–Crippen LogP) is 1.42. The van der Waals surface area contributed by atoms with Gasteiger partial charge in [0, 0.05) is 25.8 Å². The lowest BCUT2D eigenvalue weighted by molar-refractivity contribution is -0.250. The summed E-state index contributed by atoms with van der Waals surface area (Å²) in [5.74, 6) is 0.539. The molecular formula is C14H18F3N4O2-. The second-order valence-electron chi connectivity index (χ2n) is 5.53. The first kappa shape index (κ1) is 17.3. The maximum absolute atomic E-state index is 12.7. The maximum Gasteiger partial charge on any atom is 0.433 e. The summed E-state index contributed by atoms with van der Waals surface area (Å²) >= 11 is 0. The Morgan fingerprint density at radius 3 is 2.70 bits per heavy atom. The number of rotatable bonds is 5. The van der Waals surface area contributed by atoms with Crippen molar-refractivity contribution in [2.75, 3.05) is 24.5 Å². The molecule has 0 saturated carbocycles. The van der Waals surface area contributed by atoms with Crippen LogP contribution in [0, 0.1) is 5.92 Å². The lowest BCUT2D eigenvalue weighted by Gasteiger charge is -2.32. The van der Waals surface area contributed by atoms with Crippen molar-refractivity contribution in [2.45, 2.75) is 31.9 Å². The van der Waals surface area contributed by atoms with Crippen molar-refractivity contribution < 1.29 is 23.1 Å². The standard InChI is InChI=1S/C14H19F3N4O2/c15-14(16,17)11-3-7-18-12(20-11)21-8-4-10(5-9-21)2-1-6-19-13(22)23/h3,7,10,19H,1-2,4-6,8-9H2,(H,22,23)/p-1. The van der Waals surface area contributed by atoms with Crippen LogP contribution in [0.15, 0.2) is 12.3 Å². The van der Waals surface area contributed by atoms with Crippen molar-refractivity contribution in [3.63, 3.8) is 0 Å². The number of aromatic nitrogens is 2. The van der Waals surface area contributed by atoms with E-state index in [-0.39, 0.29) is 5.95 Å². The number of anilines is 1. The normalized spacial score (nSPS) is 16.4. The van der Waals surface area contributed by atoms with Crippen molar-refractivity contribution in [3.05, 3.63) is 18.0 Å². The van der Waals surface area contributed by atoms with Crippen LogP contribution in [-0.4, -0.2) is 35.7 Å². The van der Waals surface area contributed by atoms with Crippen LogP contribution >= 0.6 is 0 Å². The van der Waals surface area contributed by atoms with Gasteiger partial charge in [0.25, 0.3) is 0 Å². The molecule has 23 heavy (non-hydrogen) atoms. The molecule has 1 aromatic rings. The highest BCUT2D eigenvalue weighted by Gasteiger charge is 2.33. The molecule has 1 aliphatic heterocycles. The van der Waals surface area contributed by atoms with Gasteiger partial charge in [-0.2, -0.15) is 13.2 Å². The minimum atomic E-state index is -4.47. The molecule has 0 aromatic carbocycles. The van der Waals surface area contributed by atoms with Crippen molar-refractivity contribution in [2.24, 2.45) is 5.92 Å². The zero-order valence-electron chi connectivity index (χ0n) is 12.5. The zero-order chi connectivity index (χ0) is 16.9. The molecule has 1 aromatic heterocycles. The van der Waals surface area contributed by atoms with E-state index in [1.165, 1.54) is 0 Å². The second-order valence-corrected chi connectivity index (χ2v) is 5.53. The third-order valence-electron chi connectivity index (χ3n) is 3.89. The predicted molar refractivity (Wildman–Crippen MR) is 74.6 cm³/mol. The minimum absolute atomic E-state index is 0.108.